The van der Waals surface area contributed by atoms with Crippen molar-refractivity contribution in [3.8, 4) is 0 Å². The van der Waals surface area contributed by atoms with Crippen molar-refractivity contribution in [2.45, 2.75) is 39.8 Å². The van der Waals surface area contributed by atoms with Gasteiger partial charge in [-0.15, -0.1) is 0 Å². The maximum absolute atomic E-state index is 12.6. The van der Waals surface area contributed by atoms with Gasteiger partial charge in [0.15, 0.2) is 0 Å². The molecule has 0 saturated carbocycles. The predicted molar refractivity (Wildman–Crippen MR) is 97.4 cm³/mol. The molecule has 25 heavy (non-hydrogen) atoms. The van der Waals surface area contributed by atoms with Crippen LogP contribution in [0.3, 0.4) is 0 Å². The number of aromatic nitrogens is 2. The van der Waals surface area contributed by atoms with Crippen LogP contribution in [0.5, 0.6) is 0 Å². The molecule has 140 valence electrons. The van der Waals surface area contributed by atoms with Gasteiger partial charge in [0.25, 0.3) is 0 Å². The third-order valence-electron chi connectivity index (χ3n) is 4.49. The molecule has 1 aromatic heterocycles. The zero-order valence-corrected chi connectivity index (χ0v) is 15.7. The summed E-state index contributed by atoms with van der Waals surface area (Å²) in [4.78, 5) is 28.5. The Bertz CT molecular complexity index is 577. The van der Waals surface area contributed by atoms with Gasteiger partial charge in [0, 0.05) is 44.8 Å². The van der Waals surface area contributed by atoms with Crippen molar-refractivity contribution in [3.63, 3.8) is 0 Å². The first-order chi connectivity index (χ1) is 11.9. The molecule has 0 spiro atoms. The summed E-state index contributed by atoms with van der Waals surface area (Å²) in [6, 6.07) is 1.79. The Morgan fingerprint density at radius 2 is 1.88 bits per heavy atom. The van der Waals surface area contributed by atoms with Gasteiger partial charge in [0.05, 0.1) is 18.8 Å². The minimum Gasteiger partial charge on any atom is -0.355 e. The average molecular weight is 350 g/mol. The van der Waals surface area contributed by atoms with Crippen molar-refractivity contribution < 1.29 is 9.59 Å². The van der Waals surface area contributed by atoms with E-state index < -0.39 is 0 Å². The van der Waals surface area contributed by atoms with Gasteiger partial charge < -0.3 is 10.6 Å². The lowest BCUT2D eigenvalue weighted by atomic mass is 10.2. The number of carbonyl (C=O) groups is 2. The molecule has 0 bridgehead atoms. The predicted octanol–water partition coefficient (Wildman–Crippen LogP) is 0.545. The molecule has 1 aliphatic rings. The highest BCUT2D eigenvalue weighted by molar-refractivity contribution is 5.93. The molecule has 2 heterocycles. The lowest BCUT2D eigenvalue weighted by Crippen LogP contribution is -2.54. The topological polar surface area (TPSA) is 82.5 Å². The molecule has 1 fully saturated rings. The van der Waals surface area contributed by atoms with Crippen LogP contribution in [-0.2, 0) is 9.59 Å². The second-order valence-electron chi connectivity index (χ2n) is 6.69. The number of rotatable bonds is 7. The molecule has 0 aromatic carbocycles. The van der Waals surface area contributed by atoms with Crippen LogP contribution < -0.4 is 10.6 Å². The van der Waals surface area contributed by atoms with E-state index in [1.807, 2.05) is 33.8 Å². The van der Waals surface area contributed by atoms with Crippen LogP contribution in [0.4, 0.5) is 5.82 Å². The molecule has 8 heteroatoms. The van der Waals surface area contributed by atoms with Crippen LogP contribution in [-0.4, -0.2) is 76.7 Å². The Hall–Kier alpha value is -1.93. The number of amides is 2. The van der Waals surface area contributed by atoms with E-state index in [-0.39, 0.29) is 23.9 Å². The Labute approximate surface area is 149 Å². The fourth-order valence-corrected chi connectivity index (χ4v) is 2.99. The van der Waals surface area contributed by atoms with Gasteiger partial charge in [-0.1, -0.05) is 0 Å². The number of nitrogens with one attached hydrogen (secondary N) is 2. The number of likely N-dealkylation sites (N-methyl/N-ethyl adjacent to an activating group) is 1. The molecule has 1 aromatic rings. The summed E-state index contributed by atoms with van der Waals surface area (Å²) in [5.74, 6) is 0.755. The SMILES string of the molecule is CCNC(=O)CN1CCN([C@@H](C)C(=O)Nc2ccnn2C(C)C)CC1. The van der Waals surface area contributed by atoms with Crippen molar-refractivity contribution in [2.24, 2.45) is 0 Å². The third kappa shape index (κ3) is 5.27. The molecule has 2 rings (SSSR count). The normalized spacial score (nSPS) is 17.5. The zero-order valence-electron chi connectivity index (χ0n) is 15.7. The lowest BCUT2D eigenvalue weighted by Gasteiger charge is -2.37. The van der Waals surface area contributed by atoms with E-state index in [4.69, 9.17) is 0 Å². The summed E-state index contributed by atoms with van der Waals surface area (Å²) in [7, 11) is 0. The van der Waals surface area contributed by atoms with Gasteiger partial charge in [-0.25, -0.2) is 4.68 Å². The van der Waals surface area contributed by atoms with E-state index in [2.05, 4.69) is 25.5 Å². The summed E-state index contributed by atoms with van der Waals surface area (Å²) in [6.07, 6.45) is 1.69. The van der Waals surface area contributed by atoms with Gasteiger partial charge in [-0.2, -0.15) is 5.10 Å². The first-order valence-corrected chi connectivity index (χ1v) is 8.99. The molecular formula is C17H30N6O2. The minimum atomic E-state index is -0.220. The molecule has 0 aliphatic carbocycles. The highest BCUT2D eigenvalue weighted by Gasteiger charge is 2.26. The van der Waals surface area contributed by atoms with E-state index in [1.165, 1.54) is 0 Å². The van der Waals surface area contributed by atoms with Crippen molar-refractivity contribution in [3.05, 3.63) is 12.3 Å². The molecule has 1 saturated heterocycles. The molecule has 2 amide bonds. The summed E-state index contributed by atoms with van der Waals surface area (Å²) in [5, 5.41) is 10.0. The largest absolute Gasteiger partial charge is 0.355 e. The fraction of sp³-hybridized carbons (Fsp3) is 0.706. The van der Waals surface area contributed by atoms with Crippen LogP contribution in [0.15, 0.2) is 12.3 Å². The van der Waals surface area contributed by atoms with E-state index >= 15 is 0 Å². The van der Waals surface area contributed by atoms with Crippen molar-refractivity contribution >= 4 is 17.6 Å². The van der Waals surface area contributed by atoms with Crippen LogP contribution in [0.1, 0.15) is 33.7 Å². The summed E-state index contributed by atoms with van der Waals surface area (Å²) in [6.45, 7) is 12.1. The molecule has 0 radical (unpaired) electrons. The van der Waals surface area contributed by atoms with E-state index in [1.54, 1.807) is 10.9 Å². The average Bonchev–Trinajstić information content (AvgIpc) is 3.03. The number of hydrogen-bond acceptors (Lipinski definition) is 5. The number of anilines is 1. The number of nitrogens with zero attached hydrogens (tertiary/aromatic N) is 4. The summed E-state index contributed by atoms with van der Waals surface area (Å²) in [5.41, 5.74) is 0. The monoisotopic (exact) mass is 350 g/mol. The van der Waals surface area contributed by atoms with E-state index in [0.29, 0.717) is 13.1 Å². The molecule has 1 aliphatic heterocycles. The fourth-order valence-electron chi connectivity index (χ4n) is 2.99. The van der Waals surface area contributed by atoms with Gasteiger partial charge in [0.2, 0.25) is 11.8 Å². The number of piperazine rings is 1. The molecular weight excluding hydrogens is 320 g/mol. The Morgan fingerprint density at radius 3 is 2.48 bits per heavy atom. The molecule has 8 nitrogen and oxygen atoms in total. The first kappa shape index (κ1) is 19.4. The van der Waals surface area contributed by atoms with E-state index in [9.17, 15) is 9.59 Å². The summed E-state index contributed by atoms with van der Waals surface area (Å²) >= 11 is 0. The first-order valence-electron chi connectivity index (χ1n) is 8.99. The minimum absolute atomic E-state index is 0.0282. The second-order valence-corrected chi connectivity index (χ2v) is 6.69. The maximum Gasteiger partial charge on any atom is 0.242 e. The third-order valence-corrected chi connectivity index (χ3v) is 4.49. The Morgan fingerprint density at radius 1 is 1.20 bits per heavy atom. The summed E-state index contributed by atoms with van der Waals surface area (Å²) < 4.78 is 1.80. The number of hydrogen-bond donors (Lipinski definition) is 2. The molecule has 2 N–H and O–H groups in total. The van der Waals surface area contributed by atoms with Gasteiger partial charge in [0.1, 0.15) is 5.82 Å². The van der Waals surface area contributed by atoms with Crippen LogP contribution in [0.2, 0.25) is 0 Å². The molecule has 0 unspecified atom stereocenters. The van der Waals surface area contributed by atoms with Crippen LogP contribution in [0.25, 0.3) is 0 Å². The highest BCUT2D eigenvalue weighted by atomic mass is 16.2. The van der Waals surface area contributed by atoms with Crippen molar-refractivity contribution in [2.75, 3.05) is 44.6 Å². The highest BCUT2D eigenvalue weighted by Crippen LogP contribution is 2.14. The van der Waals surface area contributed by atoms with Gasteiger partial charge >= 0.3 is 0 Å². The Kier molecular flexibility index (Phi) is 6.95. The van der Waals surface area contributed by atoms with Crippen LogP contribution >= 0.6 is 0 Å². The smallest absolute Gasteiger partial charge is 0.242 e. The Balaban J connectivity index is 1.83. The van der Waals surface area contributed by atoms with Gasteiger partial charge in [-0.05, 0) is 27.7 Å². The maximum atomic E-state index is 12.6. The number of carbonyl (C=O) groups excluding carboxylic acids is 2. The van der Waals surface area contributed by atoms with Crippen LogP contribution in [0, 0.1) is 0 Å². The zero-order chi connectivity index (χ0) is 18.4. The lowest BCUT2D eigenvalue weighted by molar-refractivity contribution is -0.124. The quantitative estimate of drug-likeness (QED) is 0.750. The van der Waals surface area contributed by atoms with Crippen molar-refractivity contribution in [1.82, 2.24) is 24.9 Å². The van der Waals surface area contributed by atoms with Gasteiger partial charge in [-0.3, -0.25) is 19.4 Å². The van der Waals surface area contributed by atoms with E-state index in [0.717, 1.165) is 32.0 Å². The standard InChI is InChI=1S/C17H30N6O2/c1-5-18-16(24)12-21-8-10-22(11-9-21)14(4)17(25)20-15-6-7-19-23(15)13(2)3/h6-7,13-14H,5,8-12H2,1-4H3,(H,18,24)(H,20,25)/t14-/m0/s1. The second kappa shape index (κ2) is 8.96. The molecule has 1 atom stereocenters. The van der Waals surface area contributed by atoms with Crippen molar-refractivity contribution in [1.29, 1.82) is 0 Å².